The first-order chi connectivity index (χ1) is 9.52. The van der Waals surface area contributed by atoms with Crippen molar-refractivity contribution in [3.05, 3.63) is 56.5 Å². The number of carbonyl (C=O) groups is 1. The number of ether oxygens (including phenoxy) is 1. The molecule has 0 unspecified atom stereocenters. The lowest BCUT2D eigenvalue weighted by atomic mass is 10.2. The average molecular weight is 405 g/mol. The molecule has 0 bridgehead atoms. The van der Waals surface area contributed by atoms with Gasteiger partial charge in [0.05, 0.1) is 16.6 Å². The Morgan fingerprint density at radius 1 is 1.30 bits per heavy atom. The summed E-state index contributed by atoms with van der Waals surface area (Å²) in [5.74, 6) is -0.647. The number of carbonyl (C=O) groups excluding carboxylic acids is 1. The maximum Gasteiger partial charge on any atom is 0.340 e. The summed E-state index contributed by atoms with van der Waals surface area (Å²) in [4.78, 5) is 11.8. The molecule has 3 nitrogen and oxygen atoms in total. The molecule has 20 heavy (non-hydrogen) atoms. The van der Waals surface area contributed by atoms with Gasteiger partial charge in [-0.05, 0) is 56.5 Å². The van der Waals surface area contributed by atoms with Gasteiger partial charge in [0.25, 0.3) is 0 Å². The van der Waals surface area contributed by atoms with Crippen molar-refractivity contribution in [2.45, 2.75) is 13.5 Å². The van der Waals surface area contributed by atoms with Crippen LogP contribution in [0, 0.1) is 5.82 Å². The van der Waals surface area contributed by atoms with E-state index in [1.165, 1.54) is 12.1 Å². The molecule has 0 saturated heterocycles. The molecular weight excluding hydrogens is 393 g/mol. The molecular formula is C14H12Br2FNO2. The van der Waals surface area contributed by atoms with Crippen molar-refractivity contribution >= 4 is 37.8 Å². The molecule has 0 spiro atoms. The highest BCUT2D eigenvalue weighted by atomic mass is 79.9. The van der Waals surface area contributed by atoms with E-state index in [1.54, 1.807) is 25.3 Å². The van der Waals surface area contributed by atoms with E-state index >= 15 is 0 Å². The molecule has 106 valence electrons. The summed E-state index contributed by atoms with van der Waals surface area (Å²) in [6.45, 7) is 2.61. The van der Waals surface area contributed by atoms with Crippen LogP contribution in [0.3, 0.4) is 0 Å². The lowest BCUT2D eigenvalue weighted by Crippen LogP contribution is -2.04. The van der Waals surface area contributed by atoms with E-state index < -0.39 is 0 Å². The zero-order valence-electron chi connectivity index (χ0n) is 10.7. The standard InChI is InChI=1S/C14H12Br2FNO2/c1-2-20-14(19)11-8-18(13(16)12(11)15)7-9-3-5-10(17)6-4-9/h3-6,8H,2,7H2,1H3. The van der Waals surface area contributed by atoms with Crippen LogP contribution in [0.1, 0.15) is 22.8 Å². The van der Waals surface area contributed by atoms with Gasteiger partial charge in [-0.1, -0.05) is 12.1 Å². The number of hydrogen-bond donors (Lipinski definition) is 0. The van der Waals surface area contributed by atoms with Crippen LogP contribution in [-0.4, -0.2) is 17.1 Å². The van der Waals surface area contributed by atoms with Gasteiger partial charge >= 0.3 is 5.97 Å². The lowest BCUT2D eigenvalue weighted by Gasteiger charge is -2.05. The van der Waals surface area contributed by atoms with Crippen molar-refractivity contribution in [2.24, 2.45) is 0 Å². The molecule has 0 atom stereocenters. The van der Waals surface area contributed by atoms with E-state index in [1.807, 2.05) is 4.57 Å². The smallest absolute Gasteiger partial charge is 0.340 e. The number of nitrogens with zero attached hydrogens (tertiary/aromatic N) is 1. The number of benzene rings is 1. The van der Waals surface area contributed by atoms with Gasteiger partial charge in [0.15, 0.2) is 0 Å². The van der Waals surface area contributed by atoms with Crippen molar-refractivity contribution < 1.29 is 13.9 Å². The summed E-state index contributed by atoms with van der Waals surface area (Å²) >= 11 is 6.79. The van der Waals surface area contributed by atoms with Gasteiger partial charge in [-0.3, -0.25) is 0 Å². The molecule has 0 amide bonds. The van der Waals surface area contributed by atoms with Gasteiger partial charge in [0, 0.05) is 12.7 Å². The molecule has 0 radical (unpaired) electrons. The summed E-state index contributed by atoms with van der Waals surface area (Å²) in [6.07, 6.45) is 1.70. The molecule has 0 saturated carbocycles. The molecule has 2 aromatic rings. The van der Waals surface area contributed by atoms with Gasteiger partial charge in [-0.25, -0.2) is 9.18 Å². The van der Waals surface area contributed by atoms with Gasteiger partial charge in [0.1, 0.15) is 10.4 Å². The summed E-state index contributed by atoms with van der Waals surface area (Å²) in [5, 5.41) is 0. The molecule has 0 N–H and O–H groups in total. The predicted molar refractivity (Wildman–Crippen MR) is 81.3 cm³/mol. The second-order valence-corrected chi connectivity index (χ2v) is 5.67. The Kier molecular flexibility index (Phi) is 4.99. The number of esters is 1. The van der Waals surface area contributed by atoms with Crippen LogP contribution in [0.4, 0.5) is 4.39 Å². The monoisotopic (exact) mass is 403 g/mol. The lowest BCUT2D eigenvalue weighted by molar-refractivity contribution is 0.0525. The Morgan fingerprint density at radius 3 is 2.55 bits per heavy atom. The highest BCUT2D eigenvalue weighted by molar-refractivity contribution is 9.13. The minimum Gasteiger partial charge on any atom is -0.462 e. The molecule has 0 fully saturated rings. The summed E-state index contributed by atoms with van der Waals surface area (Å²) in [7, 11) is 0. The number of halogens is 3. The maximum atomic E-state index is 12.9. The Bertz CT molecular complexity index is 623. The average Bonchev–Trinajstić information content (AvgIpc) is 2.70. The van der Waals surface area contributed by atoms with E-state index in [2.05, 4.69) is 31.9 Å². The molecule has 1 aromatic carbocycles. The van der Waals surface area contributed by atoms with E-state index in [-0.39, 0.29) is 11.8 Å². The fraction of sp³-hybridized carbons (Fsp3) is 0.214. The molecule has 6 heteroatoms. The Labute approximate surface area is 133 Å². The normalized spacial score (nSPS) is 10.6. The van der Waals surface area contributed by atoms with Crippen molar-refractivity contribution in [1.29, 1.82) is 0 Å². The zero-order chi connectivity index (χ0) is 14.7. The number of rotatable bonds is 4. The Balaban J connectivity index is 2.26. The largest absolute Gasteiger partial charge is 0.462 e. The molecule has 0 aliphatic rings. The second kappa shape index (κ2) is 6.54. The summed E-state index contributed by atoms with van der Waals surface area (Å²) < 4.78 is 21.1. The third-order valence-corrected chi connectivity index (χ3v) is 4.90. The van der Waals surface area contributed by atoms with Crippen LogP contribution >= 0.6 is 31.9 Å². The van der Waals surface area contributed by atoms with Crippen LogP contribution in [0.2, 0.25) is 0 Å². The van der Waals surface area contributed by atoms with Gasteiger partial charge in [0.2, 0.25) is 0 Å². The minimum atomic E-state index is -0.377. The van der Waals surface area contributed by atoms with Crippen LogP contribution in [-0.2, 0) is 11.3 Å². The first-order valence-electron chi connectivity index (χ1n) is 5.98. The topological polar surface area (TPSA) is 31.2 Å². The van der Waals surface area contributed by atoms with Gasteiger partial charge in [-0.2, -0.15) is 0 Å². The molecule has 1 heterocycles. The van der Waals surface area contributed by atoms with Crippen molar-refractivity contribution in [3.63, 3.8) is 0 Å². The highest BCUT2D eigenvalue weighted by Crippen LogP contribution is 2.30. The summed E-state index contributed by atoms with van der Waals surface area (Å²) in [6, 6.07) is 6.24. The fourth-order valence-corrected chi connectivity index (χ4v) is 2.69. The van der Waals surface area contributed by atoms with Crippen LogP contribution in [0.25, 0.3) is 0 Å². The van der Waals surface area contributed by atoms with Crippen LogP contribution in [0.15, 0.2) is 39.5 Å². The first-order valence-corrected chi connectivity index (χ1v) is 7.57. The Hall–Kier alpha value is -1.14. The zero-order valence-corrected chi connectivity index (χ0v) is 13.9. The van der Waals surface area contributed by atoms with Crippen LogP contribution < -0.4 is 0 Å². The summed E-state index contributed by atoms with van der Waals surface area (Å²) in [5.41, 5.74) is 1.39. The van der Waals surface area contributed by atoms with Crippen molar-refractivity contribution in [1.82, 2.24) is 4.57 Å². The molecule has 0 aliphatic heterocycles. The highest BCUT2D eigenvalue weighted by Gasteiger charge is 2.18. The fourth-order valence-electron chi connectivity index (χ4n) is 1.76. The molecule has 1 aromatic heterocycles. The van der Waals surface area contributed by atoms with Crippen LogP contribution in [0.5, 0.6) is 0 Å². The third-order valence-electron chi connectivity index (χ3n) is 2.72. The van der Waals surface area contributed by atoms with Crippen molar-refractivity contribution in [3.8, 4) is 0 Å². The van der Waals surface area contributed by atoms with E-state index in [0.29, 0.717) is 23.2 Å². The quantitative estimate of drug-likeness (QED) is 0.708. The van der Waals surface area contributed by atoms with Crippen molar-refractivity contribution in [2.75, 3.05) is 6.61 Å². The first kappa shape index (κ1) is 15.3. The van der Waals surface area contributed by atoms with E-state index in [4.69, 9.17) is 4.74 Å². The number of hydrogen-bond acceptors (Lipinski definition) is 2. The van der Waals surface area contributed by atoms with Gasteiger partial charge < -0.3 is 9.30 Å². The minimum absolute atomic E-state index is 0.270. The maximum absolute atomic E-state index is 12.9. The predicted octanol–water partition coefficient (Wildman–Crippen LogP) is 4.38. The number of aromatic nitrogens is 1. The molecule has 2 rings (SSSR count). The second-order valence-electron chi connectivity index (χ2n) is 4.12. The van der Waals surface area contributed by atoms with E-state index in [9.17, 15) is 9.18 Å². The van der Waals surface area contributed by atoms with E-state index in [0.717, 1.165) is 10.2 Å². The SMILES string of the molecule is CCOC(=O)c1cn(Cc2ccc(F)cc2)c(Br)c1Br. The molecule has 0 aliphatic carbocycles. The Morgan fingerprint density at radius 2 is 1.95 bits per heavy atom. The third kappa shape index (κ3) is 3.30. The van der Waals surface area contributed by atoms with Gasteiger partial charge in [-0.15, -0.1) is 0 Å².